The van der Waals surface area contributed by atoms with Crippen molar-refractivity contribution in [3.05, 3.63) is 28.2 Å². The van der Waals surface area contributed by atoms with Crippen molar-refractivity contribution in [1.82, 2.24) is 5.32 Å². The molecule has 17 heavy (non-hydrogen) atoms. The quantitative estimate of drug-likeness (QED) is 0.621. The Hall–Kier alpha value is -0.550. The van der Waals surface area contributed by atoms with Gasteiger partial charge in [-0.2, -0.15) is 0 Å². The molecule has 0 aliphatic rings. The molecule has 0 heterocycles. The molecular weight excluding hydrogens is 350 g/mol. The minimum absolute atomic E-state index is 0.00858. The molecule has 5 heteroatoms. The summed E-state index contributed by atoms with van der Waals surface area (Å²) in [5.41, 5.74) is 0.306. The molecule has 2 N–H and O–H groups in total. The summed E-state index contributed by atoms with van der Waals surface area (Å²) in [5, 5.41) is 12.4. The molecule has 0 aliphatic heterocycles. The number of alkyl halides is 1. The monoisotopic (exact) mass is 363 g/mol. The molecule has 0 aliphatic carbocycles. The Morgan fingerprint density at radius 3 is 2.82 bits per heavy atom. The van der Waals surface area contributed by atoms with Crippen LogP contribution in [0.2, 0.25) is 0 Å². The van der Waals surface area contributed by atoms with E-state index in [0.29, 0.717) is 16.9 Å². The van der Waals surface area contributed by atoms with Crippen molar-refractivity contribution < 1.29 is 9.90 Å². The smallest absolute Gasteiger partial charge is 0.255 e. The first-order chi connectivity index (χ1) is 8.00. The predicted molar refractivity (Wildman–Crippen MR) is 75.8 cm³/mol. The van der Waals surface area contributed by atoms with Crippen LogP contribution >= 0.6 is 31.9 Å². The van der Waals surface area contributed by atoms with Crippen LogP contribution in [0.5, 0.6) is 5.75 Å². The Morgan fingerprint density at radius 1 is 1.53 bits per heavy atom. The number of phenolic OH excluding ortho intramolecular Hbond substituents is 1. The number of carbonyl (C=O) groups is 1. The lowest BCUT2D eigenvalue weighted by atomic mass is 10.2. The second kappa shape index (κ2) is 7.01. The third-order valence-corrected chi connectivity index (χ3v) is 3.22. The van der Waals surface area contributed by atoms with Crippen molar-refractivity contribution >= 4 is 37.8 Å². The van der Waals surface area contributed by atoms with Crippen molar-refractivity contribution in [3.63, 3.8) is 0 Å². The van der Waals surface area contributed by atoms with E-state index in [1.54, 1.807) is 12.1 Å². The number of rotatable bonds is 5. The maximum atomic E-state index is 11.7. The minimum Gasteiger partial charge on any atom is -0.507 e. The van der Waals surface area contributed by atoms with Gasteiger partial charge in [0.1, 0.15) is 5.75 Å². The van der Waals surface area contributed by atoms with Crippen LogP contribution in [0.1, 0.15) is 30.1 Å². The van der Waals surface area contributed by atoms with Crippen molar-refractivity contribution in [3.8, 4) is 5.75 Å². The van der Waals surface area contributed by atoms with Crippen molar-refractivity contribution in [2.75, 3.05) is 6.54 Å². The van der Waals surface area contributed by atoms with E-state index in [-0.39, 0.29) is 11.7 Å². The highest BCUT2D eigenvalue weighted by Crippen LogP contribution is 2.22. The zero-order valence-electron chi connectivity index (χ0n) is 9.54. The number of hydrogen-bond donors (Lipinski definition) is 2. The average Bonchev–Trinajstić information content (AvgIpc) is 2.23. The number of phenols is 1. The summed E-state index contributed by atoms with van der Waals surface area (Å²) >= 11 is 6.68. The van der Waals surface area contributed by atoms with Crippen LogP contribution in [0.3, 0.4) is 0 Å². The number of carbonyl (C=O) groups excluding carboxylic acids is 1. The summed E-state index contributed by atoms with van der Waals surface area (Å²) < 4.78 is 0.750. The van der Waals surface area contributed by atoms with Gasteiger partial charge >= 0.3 is 0 Å². The third kappa shape index (κ3) is 5.08. The highest BCUT2D eigenvalue weighted by atomic mass is 79.9. The molecule has 1 aromatic rings. The number of halogens is 2. The second-order valence-corrected chi connectivity index (χ2v) is 6.32. The lowest BCUT2D eigenvalue weighted by Gasteiger charge is -2.07. The van der Waals surface area contributed by atoms with E-state index in [1.165, 1.54) is 6.07 Å². The Balaban J connectivity index is 2.47. The lowest BCUT2D eigenvalue weighted by molar-refractivity contribution is 0.0950. The van der Waals surface area contributed by atoms with Crippen molar-refractivity contribution in [2.24, 2.45) is 0 Å². The van der Waals surface area contributed by atoms with Gasteiger partial charge in [0.25, 0.3) is 5.91 Å². The van der Waals surface area contributed by atoms with Gasteiger partial charge in [-0.1, -0.05) is 38.8 Å². The third-order valence-electron chi connectivity index (χ3n) is 2.27. The number of nitrogens with one attached hydrogen (secondary N) is 1. The van der Waals surface area contributed by atoms with Crippen molar-refractivity contribution in [2.45, 2.75) is 24.6 Å². The van der Waals surface area contributed by atoms with E-state index in [1.807, 2.05) is 0 Å². The van der Waals surface area contributed by atoms with Crippen LogP contribution in [0.4, 0.5) is 0 Å². The molecule has 1 aromatic carbocycles. The molecule has 0 saturated carbocycles. The van der Waals surface area contributed by atoms with Crippen LogP contribution < -0.4 is 5.32 Å². The van der Waals surface area contributed by atoms with Crippen molar-refractivity contribution in [1.29, 1.82) is 0 Å². The fourth-order valence-corrected chi connectivity index (χ4v) is 2.05. The summed E-state index contributed by atoms with van der Waals surface area (Å²) in [6.45, 7) is 2.69. The zero-order chi connectivity index (χ0) is 12.8. The van der Waals surface area contributed by atoms with E-state index < -0.39 is 0 Å². The molecule has 0 fully saturated rings. The SMILES string of the molecule is CC(Br)CCCNC(=O)c1ccc(Br)cc1O. The van der Waals surface area contributed by atoms with E-state index in [0.717, 1.165) is 17.3 Å². The van der Waals surface area contributed by atoms with Crippen LogP contribution in [0.15, 0.2) is 22.7 Å². The minimum atomic E-state index is -0.239. The first-order valence-electron chi connectivity index (χ1n) is 5.41. The molecule has 0 bridgehead atoms. The number of hydrogen-bond acceptors (Lipinski definition) is 2. The van der Waals surface area contributed by atoms with E-state index >= 15 is 0 Å². The summed E-state index contributed by atoms with van der Waals surface area (Å²) in [4.78, 5) is 12.2. The highest BCUT2D eigenvalue weighted by Gasteiger charge is 2.10. The van der Waals surface area contributed by atoms with Gasteiger partial charge in [0.15, 0.2) is 0 Å². The van der Waals surface area contributed by atoms with Gasteiger partial charge < -0.3 is 10.4 Å². The van der Waals surface area contributed by atoms with Gasteiger partial charge in [-0.15, -0.1) is 0 Å². The Morgan fingerprint density at radius 2 is 2.24 bits per heavy atom. The summed E-state index contributed by atoms with van der Waals surface area (Å²) in [6.07, 6.45) is 1.92. The molecule has 1 amide bonds. The summed E-state index contributed by atoms with van der Waals surface area (Å²) in [6, 6.07) is 4.84. The van der Waals surface area contributed by atoms with Gasteiger partial charge in [-0.25, -0.2) is 0 Å². The van der Waals surface area contributed by atoms with Crippen LogP contribution in [-0.4, -0.2) is 22.4 Å². The Bertz CT molecular complexity index is 394. The van der Waals surface area contributed by atoms with Gasteiger partial charge in [0.05, 0.1) is 5.56 Å². The van der Waals surface area contributed by atoms with E-state index in [9.17, 15) is 9.90 Å². The molecule has 0 aromatic heterocycles. The first-order valence-corrected chi connectivity index (χ1v) is 7.12. The van der Waals surface area contributed by atoms with Gasteiger partial charge in [0, 0.05) is 15.8 Å². The topological polar surface area (TPSA) is 49.3 Å². The zero-order valence-corrected chi connectivity index (χ0v) is 12.7. The maximum absolute atomic E-state index is 11.7. The molecule has 0 radical (unpaired) electrons. The molecular formula is C12H15Br2NO2. The molecule has 1 unspecified atom stereocenters. The fourth-order valence-electron chi connectivity index (χ4n) is 1.38. The van der Waals surface area contributed by atoms with E-state index in [2.05, 4.69) is 44.1 Å². The predicted octanol–water partition coefficient (Wildman–Crippen LogP) is 3.45. The van der Waals surface area contributed by atoms with E-state index in [4.69, 9.17) is 0 Å². The molecule has 0 saturated heterocycles. The molecule has 3 nitrogen and oxygen atoms in total. The fraction of sp³-hybridized carbons (Fsp3) is 0.417. The Labute approximate surface area is 118 Å². The van der Waals surface area contributed by atoms with Crippen LogP contribution in [0, 0.1) is 0 Å². The normalized spacial score (nSPS) is 12.2. The Kier molecular flexibility index (Phi) is 5.98. The van der Waals surface area contributed by atoms with Crippen LogP contribution in [0.25, 0.3) is 0 Å². The van der Waals surface area contributed by atoms with Crippen LogP contribution in [-0.2, 0) is 0 Å². The molecule has 1 rings (SSSR count). The largest absolute Gasteiger partial charge is 0.507 e. The maximum Gasteiger partial charge on any atom is 0.255 e. The number of amides is 1. The number of benzene rings is 1. The first kappa shape index (κ1) is 14.5. The lowest BCUT2D eigenvalue weighted by Crippen LogP contribution is -2.24. The highest BCUT2D eigenvalue weighted by molar-refractivity contribution is 9.10. The average molecular weight is 365 g/mol. The van der Waals surface area contributed by atoms with Gasteiger partial charge in [-0.05, 0) is 31.0 Å². The van der Waals surface area contributed by atoms with Gasteiger partial charge in [0.2, 0.25) is 0 Å². The second-order valence-electron chi connectivity index (χ2n) is 3.84. The standard InChI is InChI=1S/C12H15Br2NO2/c1-8(13)3-2-6-15-12(17)10-5-4-9(14)7-11(10)16/h4-5,7-8,16H,2-3,6H2,1H3,(H,15,17). The molecule has 94 valence electrons. The summed E-state index contributed by atoms with van der Waals surface area (Å²) in [5.74, 6) is -0.247. The summed E-state index contributed by atoms with van der Waals surface area (Å²) in [7, 11) is 0. The number of aromatic hydroxyl groups is 1. The van der Waals surface area contributed by atoms with Gasteiger partial charge in [-0.3, -0.25) is 4.79 Å². The molecule has 1 atom stereocenters. The molecule has 0 spiro atoms.